The number of alkyl halides is 3. The van der Waals surface area contributed by atoms with Crippen LogP contribution in [-0.2, 0) is 6.54 Å². The van der Waals surface area contributed by atoms with Crippen molar-refractivity contribution in [3.05, 3.63) is 22.0 Å². The Kier molecular flexibility index (Phi) is 3.43. The number of nitrogens with two attached hydrogens (primary N) is 1. The van der Waals surface area contributed by atoms with Crippen LogP contribution in [0.2, 0.25) is 0 Å². The third-order valence-corrected chi connectivity index (χ3v) is 1.70. The third-order valence-electron chi connectivity index (χ3n) is 1.70. The average molecular weight is 238 g/mol. The molecule has 90 valence electrons. The van der Waals surface area contributed by atoms with Crippen LogP contribution in [-0.4, -0.2) is 18.5 Å². The molecule has 1 aromatic heterocycles. The van der Waals surface area contributed by atoms with Crippen LogP contribution >= 0.6 is 0 Å². The smallest absolute Gasteiger partial charge is 0.482 e. The molecule has 1 rings (SSSR count). The van der Waals surface area contributed by atoms with Crippen molar-refractivity contribution in [1.29, 1.82) is 0 Å². The predicted octanol–water partition coefficient (Wildman–Crippen LogP) is 0.741. The zero-order chi connectivity index (χ0) is 12.3. The molecule has 0 aliphatic rings. The number of pyridine rings is 1. The second kappa shape index (κ2) is 4.44. The highest BCUT2D eigenvalue weighted by molar-refractivity contribution is 5.39. The Morgan fingerprint density at radius 2 is 2.12 bits per heavy atom. The summed E-state index contributed by atoms with van der Waals surface area (Å²) in [6, 6.07) is 0.665. The zero-order valence-corrected chi connectivity index (χ0v) is 8.22. The van der Waals surface area contributed by atoms with Crippen molar-refractivity contribution in [2.24, 2.45) is 5.73 Å². The summed E-state index contributed by atoms with van der Waals surface area (Å²) in [5.74, 6) is -0.801. The first-order chi connectivity index (χ1) is 7.37. The fourth-order valence-electron chi connectivity index (χ4n) is 1.12. The molecule has 3 N–H and O–H groups in total. The molecule has 0 aliphatic heterocycles. The fraction of sp³-hybridized carbons (Fsp3) is 0.375. The largest absolute Gasteiger partial charge is 0.573 e. The predicted molar refractivity (Wildman–Crippen MR) is 48.2 cm³/mol. The lowest BCUT2D eigenvalue weighted by Gasteiger charge is -2.14. The average Bonchev–Trinajstić information content (AvgIpc) is 2.14. The van der Waals surface area contributed by atoms with E-state index in [4.69, 9.17) is 5.73 Å². The monoisotopic (exact) mass is 238 g/mol. The van der Waals surface area contributed by atoms with Crippen molar-refractivity contribution in [2.75, 3.05) is 7.11 Å². The maximum absolute atomic E-state index is 12.0. The van der Waals surface area contributed by atoms with Crippen LogP contribution < -0.4 is 20.8 Å². The number of hydrogen-bond donors (Lipinski definition) is 2. The van der Waals surface area contributed by atoms with Gasteiger partial charge in [-0.25, -0.2) is 0 Å². The van der Waals surface area contributed by atoms with Gasteiger partial charge in [-0.15, -0.1) is 13.2 Å². The third kappa shape index (κ3) is 2.89. The Morgan fingerprint density at radius 3 is 2.56 bits per heavy atom. The van der Waals surface area contributed by atoms with Gasteiger partial charge >= 0.3 is 6.36 Å². The molecule has 5 nitrogen and oxygen atoms in total. The SMILES string of the molecule is COc1[nH]c(=O)cc(OC(F)(F)F)c1CN. The van der Waals surface area contributed by atoms with Crippen LogP contribution in [0.3, 0.4) is 0 Å². The number of aromatic nitrogens is 1. The standard InChI is InChI=1S/C8H9F3N2O3/c1-15-7-4(3-12)5(2-6(14)13-7)16-8(9,10)11/h2H,3,12H2,1H3,(H,13,14). The van der Waals surface area contributed by atoms with Gasteiger partial charge in [-0.05, 0) is 0 Å². The first-order valence-corrected chi connectivity index (χ1v) is 4.13. The van der Waals surface area contributed by atoms with E-state index in [-0.39, 0.29) is 18.0 Å². The molecule has 1 aromatic rings. The molecule has 0 fully saturated rings. The molecule has 0 spiro atoms. The second-order valence-electron chi connectivity index (χ2n) is 2.76. The first kappa shape index (κ1) is 12.4. The van der Waals surface area contributed by atoms with E-state index >= 15 is 0 Å². The van der Waals surface area contributed by atoms with E-state index in [0.717, 1.165) is 0 Å². The topological polar surface area (TPSA) is 77.3 Å². The van der Waals surface area contributed by atoms with Crippen molar-refractivity contribution in [3.63, 3.8) is 0 Å². The van der Waals surface area contributed by atoms with Crippen LogP contribution in [0.1, 0.15) is 5.56 Å². The number of ether oxygens (including phenoxy) is 2. The minimum Gasteiger partial charge on any atom is -0.482 e. The van der Waals surface area contributed by atoms with E-state index in [0.29, 0.717) is 6.07 Å². The number of hydrogen-bond acceptors (Lipinski definition) is 4. The van der Waals surface area contributed by atoms with Gasteiger partial charge in [0.1, 0.15) is 5.75 Å². The minimum atomic E-state index is -4.89. The van der Waals surface area contributed by atoms with Gasteiger partial charge in [-0.3, -0.25) is 9.78 Å². The quantitative estimate of drug-likeness (QED) is 0.814. The molecule has 0 aromatic carbocycles. The summed E-state index contributed by atoms with van der Waals surface area (Å²) in [7, 11) is 1.20. The van der Waals surface area contributed by atoms with Crippen LogP contribution in [0.5, 0.6) is 11.6 Å². The second-order valence-corrected chi connectivity index (χ2v) is 2.76. The number of methoxy groups -OCH3 is 1. The van der Waals surface area contributed by atoms with Crippen molar-refractivity contribution in [1.82, 2.24) is 4.98 Å². The van der Waals surface area contributed by atoms with E-state index in [1.54, 1.807) is 0 Å². The van der Waals surface area contributed by atoms with Gasteiger partial charge in [-0.1, -0.05) is 0 Å². The fourth-order valence-corrected chi connectivity index (χ4v) is 1.12. The maximum atomic E-state index is 12.0. The van der Waals surface area contributed by atoms with Crippen molar-refractivity contribution >= 4 is 0 Å². The summed E-state index contributed by atoms with van der Waals surface area (Å²) >= 11 is 0. The molecule has 0 unspecified atom stereocenters. The van der Waals surface area contributed by atoms with Gasteiger partial charge in [-0.2, -0.15) is 0 Å². The summed E-state index contributed by atoms with van der Waals surface area (Å²) < 4.78 is 44.4. The Hall–Kier alpha value is -1.70. The molecule has 0 saturated carbocycles. The highest BCUT2D eigenvalue weighted by Gasteiger charge is 2.32. The summed E-state index contributed by atoms with van der Waals surface area (Å²) in [4.78, 5) is 13.2. The van der Waals surface area contributed by atoms with Crippen LogP contribution in [0.15, 0.2) is 10.9 Å². The van der Waals surface area contributed by atoms with Crippen LogP contribution in [0.25, 0.3) is 0 Å². The molecular weight excluding hydrogens is 229 g/mol. The summed E-state index contributed by atoms with van der Waals surface area (Å²) in [6.45, 7) is -0.259. The molecule has 16 heavy (non-hydrogen) atoms. The number of H-pyrrole nitrogens is 1. The highest BCUT2D eigenvalue weighted by Crippen LogP contribution is 2.28. The van der Waals surface area contributed by atoms with Gasteiger partial charge in [0.2, 0.25) is 5.88 Å². The molecule has 0 atom stereocenters. The lowest BCUT2D eigenvalue weighted by Crippen LogP contribution is -2.21. The molecule has 0 bridgehead atoms. The van der Waals surface area contributed by atoms with Crippen LogP contribution in [0.4, 0.5) is 13.2 Å². The number of rotatable bonds is 3. The van der Waals surface area contributed by atoms with E-state index < -0.39 is 17.7 Å². The van der Waals surface area contributed by atoms with Gasteiger partial charge in [0.05, 0.1) is 12.7 Å². The summed E-state index contributed by atoms with van der Waals surface area (Å²) in [6.07, 6.45) is -4.89. The Balaban J connectivity index is 3.26. The molecule has 0 amide bonds. The molecular formula is C8H9F3N2O3. The van der Waals surface area contributed by atoms with E-state index in [1.807, 2.05) is 0 Å². The van der Waals surface area contributed by atoms with Crippen molar-refractivity contribution < 1.29 is 22.6 Å². The molecule has 0 radical (unpaired) electrons. The van der Waals surface area contributed by atoms with E-state index in [9.17, 15) is 18.0 Å². The maximum Gasteiger partial charge on any atom is 0.573 e. The normalized spacial score (nSPS) is 11.3. The summed E-state index contributed by atoms with van der Waals surface area (Å²) in [5.41, 5.74) is 4.42. The van der Waals surface area contributed by atoms with E-state index in [2.05, 4.69) is 14.5 Å². The summed E-state index contributed by atoms with van der Waals surface area (Å²) in [5, 5.41) is 0. The minimum absolute atomic E-state index is 0.0561. The molecule has 1 heterocycles. The number of aromatic amines is 1. The van der Waals surface area contributed by atoms with Crippen LogP contribution in [0, 0.1) is 0 Å². The lowest BCUT2D eigenvalue weighted by atomic mass is 10.2. The molecule has 0 aliphatic carbocycles. The van der Waals surface area contributed by atoms with Crippen molar-refractivity contribution in [2.45, 2.75) is 12.9 Å². The van der Waals surface area contributed by atoms with Gasteiger partial charge in [0.15, 0.2) is 0 Å². The van der Waals surface area contributed by atoms with Gasteiger partial charge in [0, 0.05) is 12.6 Å². The Labute approximate surface area is 88.0 Å². The van der Waals surface area contributed by atoms with Gasteiger partial charge in [0.25, 0.3) is 5.56 Å². The van der Waals surface area contributed by atoms with Gasteiger partial charge < -0.3 is 15.2 Å². The number of halogens is 3. The Morgan fingerprint density at radius 1 is 1.50 bits per heavy atom. The lowest BCUT2D eigenvalue weighted by molar-refractivity contribution is -0.275. The highest BCUT2D eigenvalue weighted by atomic mass is 19.4. The van der Waals surface area contributed by atoms with E-state index in [1.165, 1.54) is 7.11 Å². The first-order valence-electron chi connectivity index (χ1n) is 4.13. The molecule has 8 heteroatoms. The molecule has 0 saturated heterocycles. The van der Waals surface area contributed by atoms with Crippen molar-refractivity contribution in [3.8, 4) is 11.6 Å². The number of nitrogens with one attached hydrogen (secondary N) is 1. The Bertz CT molecular complexity index is 428. The zero-order valence-electron chi connectivity index (χ0n) is 8.22.